The fourth-order valence-corrected chi connectivity index (χ4v) is 2.51. The zero-order valence-electron chi connectivity index (χ0n) is 12.5. The maximum Gasteiger partial charge on any atom is 0.325 e. The van der Waals surface area contributed by atoms with Gasteiger partial charge in [0.2, 0.25) is 0 Å². The summed E-state index contributed by atoms with van der Waals surface area (Å²) >= 11 is 0. The van der Waals surface area contributed by atoms with Crippen LogP contribution in [0.4, 0.5) is 4.79 Å². The molecule has 0 saturated carbocycles. The van der Waals surface area contributed by atoms with E-state index in [0.717, 1.165) is 0 Å². The summed E-state index contributed by atoms with van der Waals surface area (Å²) in [5.41, 5.74) is -0.871. The van der Waals surface area contributed by atoms with Crippen LogP contribution in [0, 0.1) is 0 Å². The number of hydrogen-bond donors (Lipinski definition) is 1. The summed E-state index contributed by atoms with van der Waals surface area (Å²) in [7, 11) is 1.33. The molecule has 2 aliphatic heterocycles. The molecular weight excluding hydrogens is 278 g/mol. The molecule has 0 aromatic rings. The number of morpholine rings is 1. The van der Waals surface area contributed by atoms with E-state index in [2.05, 4.69) is 5.32 Å². The molecule has 0 spiro atoms. The maximum absolute atomic E-state index is 12.1. The van der Waals surface area contributed by atoms with E-state index in [4.69, 9.17) is 9.47 Å². The normalized spacial score (nSPS) is 25.9. The van der Waals surface area contributed by atoms with E-state index in [-0.39, 0.29) is 25.0 Å². The van der Waals surface area contributed by atoms with Gasteiger partial charge in [-0.1, -0.05) is 0 Å². The summed E-state index contributed by atoms with van der Waals surface area (Å²) in [5.74, 6) is -0.623. The van der Waals surface area contributed by atoms with Gasteiger partial charge in [-0.15, -0.1) is 0 Å². The fourth-order valence-electron chi connectivity index (χ4n) is 2.51. The van der Waals surface area contributed by atoms with Gasteiger partial charge in [0, 0.05) is 19.6 Å². The number of carbonyl (C=O) groups excluding carboxylic acids is 3. The van der Waals surface area contributed by atoms with Crippen LogP contribution >= 0.6 is 0 Å². The number of urea groups is 1. The number of esters is 1. The highest BCUT2D eigenvalue weighted by atomic mass is 16.5. The monoisotopic (exact) mass is 299 g/mol. The van der Waals surface area contributed by atoms with Crippen molar-refractivity contribution in [2.24, 2.45) is 0 Å². The molecule has 1 N–H and O–H groups in total. The van der Waals surface area contributed by atoms with Crippen molar-refractivity contribution in [3.05, 3.63) is 0 Å². The van der Waals surface area contributed by atoms with Crippen molar-refractivity contribution in [3.8, 4) is 0 Å². The summed E-state index contributed by atoms with van der Waals surface area (Å²) in [6.07, 6.45) is 0. The smallest absolute Gasteiger partial charge is 0.325 e. The first-order valence-electron chi connectivity index (χ1n) is 6.90. The second kappa shape index (κ2) is 5.98. The molecule has 2 aliphatic rings. The second-order valence-electron chi connectivity index (χ2n) is 5.66. The number of amides is 3. The zero-order chi connectivity index (χ0) is 15.6. The minimum Gasteiger partial charge on any atom is -0.468 e. The highest BCUT2D eigenvalue weighted by Crippen LogP contribution is 2.17. The highest BCUT2D eigenvalue weighted by molar-refractivity contribution is 6.06. The number of methoxy groups -OCH3 is 1. The molecule has 0 aromatic carbocycles. The molecule has 118 valence electrons. The lowest BCUT2D eigenvalue weighted by Gasteiger charge is -2.34. The van der Waals surface area contributed by atoms with Crippen molar-refractivity contribution in [1.82, 2.24) is 15.1 Å². The Labute approximate surface area is 123 Å². The Morgan fingerprint density at radius 1 is 1.43 bits per heavy atom. The van der Waals surface area contributed by atoms with Crippen LogP contribution in [0.3, 0.4) is 0 Å². The summed E-state index contributed by atoms with van der Waals surface area (Å²) in [6.45, 7) is 5.32. The Balaban J connectivity index is 1.96. The van der Waals surface area contributed by atoms with Crippen molar-refractivity contribution in [2.45, 2.75) is 25.4 Å². The van der Waals surface area contributed by atoms with Crippen molar-refractivity contribution >= 4 is 17.9 Å². The molecule has 0 radical (unpaired) electrons. The summed E-state index contributed by atoms with van der Waals surface area (Å²) in [6, 6.07) is -0.884. The Hall–Kier alpha value is -1.67. The van der Waals surface area contributed by atoms with E-state index < -0.39 is 17.6 Å². The predicted molar refractivity (Wildman–Crippen MR) is 72.5 cm³/mol. The van der Waals surface area contributed by atoms with Crippen LogP contribution in [0.2, 0.25) is 0 Å². The predicted octanol–water partition coefficient (Wildman–Crippen LogP) is -0.809. The standard InChI is InChI=1S/C13H21N3O5/c1-13(2)11(18)16(12(19)14-13)5-4-15-6-7-21-8-9(15)10(17)20-3/h9H,4-8H2,1-3H3,(H,14,19). The van der Waals surface area contributed by atoms with Crippen molar-refractivity contribution < 1.29 is 23.9 Å². The van der Waals surface area contributed by atoms with Crippen LogP contribution in [0.25, 0.3) is 0 Å². The quantitative estimate of drug-likeness (QED) is 0.539. The average Bonchev–Trinajstić information content (AvgIpc) is 2.65. The summed E-state index contributed by atoms with van der Waals surface area (Å²) < 4.78 is 10.0. The van der Waals surface area contributed by atoms with Gasteiger partial charge in [0.25, 0.3) is 5.91 Å². The van der Waals surface area contributed by atoms with Crippen LogP contribution < -0.4 is 5.32 Å². The molecule has 1 atom stereocenters. The average molecular weight is 299 g/mol. The van der Waals surface area contributed by atoms with E-state index in [1.807, 2.05) is 4.90 Å². The van der Waals surface area contributed by atoms with Gasteiger partial charge in [0.15, 0.2) is 0 Å². The van der Waals surface area contributed by atoms with Gasteiger partial charge in [-0.05, 0) is 13.8 Å². The third-order valence-electron chi connectivity index (χ3n) is 3.77. The van der Waals surface area contributed by atoms with Crippen LogP contribution in [0.5, 0.6) is 0 Å². The van der Waals surface area contributed by atoms with E-state index >= 15 is 0 Å². The lowest BCUT2D eigenvalue weighted by Crippen LogP contribution is -2.53. The van der Waals surface area contributed by atoms with Crippen molar-refractivity contribution in [3.63, 3.8) is 0 Å². The van der Waals surface area contributed by atoms with Crippen LogP contribution in [0.1, 0.15) is 13.8 Å². The van der Waals surface area contributed by atoms with E-state index in [9.17, 15) is 14.4 Å². The third-order valence-corrected chi connectivity index (χ3v) is 3.77. The number of nitrogens with zero attached hydrogens (tertiary/aromatic N) is 2. The molecule has 21 heavy (non-hydrogen) atoms. The van der Waals surface area contributed by atoms with Gasteiger partial charge in [0.1, 0.15) is 11.6 Å². The number of ether oxygens (including phenoxy) is 2. The topological polar surface area (TPSA) is 88.2 Å². The molecule has 0 aliphatic carbocycles. The van der Waals surface area contributed by atoms with E-state index in [1.165, 1.54) is 12.0 Å². The first-order valence-corrected chi connectivity index (χ1v) is 6.90. The number of imide groups is 1. The van der Waals surface area contributed by atoms with E-state index in [0.29, 0.717) is 19.7 Å². The minimum atomic E-state index is -0.871. The zero-order valence-corrected chi connectivity index (χ0v) is 12.5. The van der Waals surface area contributed by atoms with Crippen LogP contribution in [-0.2, 0) is 19.1 Å². The molecule has 2 saturated heterocycles. The number of rotatable bonds is 4. The van der Waals surface area contributed by atoms with Crippen LogP contribution in [0.15, 0.2) is 0 Å². The number of hydrogen-bond acceptors (Lipinski definition) is 6. The largest absolute Gasteiger partial charge is 0.468 e. The molecule has 1 unspecified atom stereocenters. The first kappa shape index (κ1) is 15.7. The second-order valence-corrected chi connectivity index (χ2v) is 5.66. The van der Waals surface area contributed by atoms with Gasteiger partial charge in [-0.25, -0.2) is 4.79 Å². The lowest BCUT2D eigenvalue weighted by atomic mass is 10.1. The van der Waals surface area contributed by atoms with Gasteiger partial charge in [-0.2, -0.15) is 0 Å². The van der Waals surface area contributed by atoms with Crippen molar-refractivity contribution in [2.75, 3.05) is 40.0 Å². The van der Waals surface area contributed by atoms with E-state index in [1.54, 1.807) is 13.8 Å². The molecule has 3 amide bonds. The number of nitrogens with one attached hydrogen (secondary N) is 1. The molecule has 0 aromatic heterocycles. The molecule has 8 nitrogen and oxygen atoms in total. The van der Waals surface area contributed by atoms with Gasteiger partial charge in [0.05, 0.1) is 20.3 Å². The molecule has 2 heterocycles. The maximum atomic E-state index is 12.1. The lowest BCUT2D eigenvalue weighted by molar-refractivity contribution is -0.153. The molecule has 0 bridgehead atoms. The number of carbonyl (C=O) groups is 3. The van der Waals surface area contributed by atoms with Gasteiger partial charge >= 0.3 is 12.0 Å². The summed E-state index contributed by atoms with van der Waals surface area (Å²) in [4.78, 5) is 38.7. The Morgan fingerprint density at radius 2 is 2.14 bits per heavy atom. The summed E-state index contributed by atoms with van der Waals surface area (Å²) in [5, 5.41) is 2.63. The molecule has 8 heteroatoms. The Morgan fingerprint density at radius 3 is 2.71 bits per heavy atom. The Kier molecular flexibility index (Phi) is 4.48. The van der Waals surface area contributed by atoms with Gasteiger partial charge in [-0.3, -0.25) is 19.4 Å². The fraction of sp³-hybridized carbons (Fsp3) is 0.769. The molecular formula is C13H21N3O5. The van der Waals surface area contributed by atoms with Crippen molar-refractivity contribution in [1.29, 1.82) is 0 Å². The van der Waals surface area contributed by atoms with Crippen LogP contribution in [-0.4, -0.2) is 79.2 Å². The highest BCUT2D eigenvalue weighted by Gasteiger charge is 2.44. The Bertz CT molecular complexity index is 451. The molecule has 2 rings (SSSR count). The SMILES string of the molecule is COC(=O)C1COCCN1CCN1C(=O)NC(C)(C)C1=O. The minimum absolute atomic E-state index is 0.238. The molecule has 2 fully saturated rings. The van der Waals surface area contributed by atoms with Gasteiger partial charge < -0.3 is 14.8 Å². The third kappa shape index (κ3) is 3.16. The first-order chi connectivity index (χ1) is 9.86.